The monoisotopic (exact) mass is 489 g/mol. The molecule has 2 aromatic heterocycles. The van der Waals surface area contributed by atoms with Crippen LogP contribution in [0, 0.1) is 0 Å². The minimum Gasteiger partial charge on any atom is -0.293 e. The molecule has 35 heavy (non-hydrogen) atoms. The molecule has 0 saturated carbocycles. The number of piperazine rings is 1. The first-order valence-electron chi connectivity index (χ1n) is 11.9. The number of imidazole rings is 1. The molecule has 1 aliphatic heterocycles. The third-order valence-electron chi connectivity index (χ3n) is 6.55. The maximum absolute atomic E-state index is 13.3. The van der Waals surface area contributed by atoms with Crippen LogP contribution in [-0.2, 0) is 22.0 Å². The summed E-state index contributed by atoms with van der Waals surface area (Å²) in [7, 11) is -3.52. The number of para-hydroxylation sites is 1. The van der Waals surface area contributed by atoms with Crippen LogP contribution in [0.15, 0.2) is 77.8 Å². The highest BCUT2D eigenvalue weighted by Gasteiger charge is 2.29. The Balaban J connectivity index is 1.32. The lowest BCUT2D eigenvalue weighted by molar-refractivity contribution is 0.177. The molecule has 0 radical (unpaired) electrons. The number of rotatable bonds is 5. The van der Waals surface area contributed by atoms with Gasteiger partial charge < -0.3 is 0 Å². The van der Waals surface area contributed by atoms with E-state index in [0.717, 1.165) is 28.2 Å². The Morgan fingerprint density at radius 1 is 0.857 bits per heavy atom. The first-order valence-corrected chi connectivity index (χ1v) is 13.4. The van der Waals surface area contributed by atoms with E-state index in [1.807, 2.05) is 42.5 Å². The molecule has 0 N–H and O–H groups in total. The topological polar surface area (TPSA) is 71.3 Å². The molecule has 2 aromatic carbocycles. The third kappa shape index (κ3) is 4.74. The normalized spacial score (nSPS) is 16.1. The Hall–Kier alpha value is -3.07. The highest BCUT2D eigenvalue weighted by Crippen LogP contribution is 2.26. The van der Waals surface area contributed by atoms with Crippen molar-refractivity contribution in [1.82, 2.24) is 23.7 Å². The van der Waals surface area contributed by atoms with Crippen molar-refractivity contribution < 1.29 is 8.42 Å². The van der Waals surface area contributed by atoms with Gasteiger partial charge in [0.15, 0.2) is 5.65 Å². The van der Waals surface area contributed by atoms with E-state index in [1.54, 1.807) is 22.6 Å². The van der Waals surface area contributed by atoms with Gasteiger partial charge in [0.2, 0.25) is 10.0 Å². The summed E-state index contributed by atoms with van der Waals surface area (Å²) < 4.78 is 30.2. The fraction of sp³-hybridized carbons (Fsp3) is 0.333. The molecule has 0 unspecified atom stereocenters. The lowest BCUT2D eigenvalue weighted by Gasteiger charge is -2.33. The molecule has 0 amide bonds. The summed E-state index contributed by atoms with van der Waals surface area (Å²) in [6, 6.07) is 21.3. The summed E-state index contributed by atoms with van der Waals surface area (Å²) in [4.78, 5) is 12.0. The van der Waals surface area contributed by atoms with Gasteiger partial charge in [-0.25, -0.2) is 18.4 Å². The summed E-state index contributed by atoms with van der Waals surface area (Å²) >= 11 is 0. The van der Waals surface area contributed by atoms with Crippen LogP contribution in [0.25, 0.3) is 16.9 Å². The molecular weight excluding hydrogens is 458 g/mol. The molecule has 4 aromatic rings. The molecule has 182 valence electrons. The van der Waals surface area contributed by atoms with E-state index in [1.165, 1.54) is 0 Å². The number of hydrogen-bond acceptors (Lipinski definition) is 5. The van der Waals surface area contributed by atoms with Crippen LogP contribution >= 0.6 is 0 Å². The number of benzene rings is 2. The second kappa shape index (κ2) is 9.18. The van der Waals surface area contributed by atoms with Crippen LogP contribution < -0.4 is 0 Å². The minimum atomic E-state index is -3.52. The fourth-order valence-electron chi connectivity index (χ4n) is 4.52. The van der Waals surface area contributed by atoms with Gasteiger partial charge in [0.25, 0.3) is 0 Å². The van der Waals surface area contributed by atoms with E-state index in [0.29, 0.717) is 37.6 Å². The highest BCUT2D eigenvalue weighted by molar-refractivity contribution is 7.89. The van der Waals surface area contributed by atoms with Gasteiger partial charge in [0.05, 0.1) is 11.4 Å². The zero-order valence-corrected chi connectivity index (χ0v) is 21.2. The standard InChI is InChI=1S/C27H31N5O2S/c1-27(2,3)21-11-13-23(14-12-21)35(33,34)31-18-16-30(17-19-31)20-25-29-24-10-7-15-28-26(24)32(25)22-8-5-4-6-9-22/h4-15H,16-20H2,1-3H3. The molecule has 0 spiro atoms. The second-order valence-corrected chi connectivity index (χ2v) is 11.9. The maximum atomic E-state index is 13.3. The average molecular weight is 490 g/mol. The van der Waals surface area contributed by atoms with Gasteiger partial charge in [-0.15, -0.1) is 0 Å². The predicted molar refractivity (Wildman–Crippen MR) is 138 cm³/mol. The van der Waals surface area contributed by atoms with Crippen LogP contribution in [-0.4, -0.2) is 58.3 Å². The molecule has 0 atom stereocenters. The number of sulfonamides is 1. The number of fused-ring (bicyclic) bond motifs is 1. The van der Waals surface area contributed by atoms with E-state index in [-0.39, 0.29) is 5.41 Å². The smallest absolute Gasteiger partial charge is 0.243 e. The number of pyridine rings is 1. The Kier molecular flexibility index (Phi) is 6.21. The fourth-order valence-corrected chi connectivity index (χ4v) is 5.94. The van der Waals surface area contributed by atoms with Gasteiger partial charge in [-0.2, -0.15) is 4.31 Å². The molecule has 7 nitrogen and oxygen atoms in total. The molecule has 5 rings (SSSR count). The van der Waals surface area contributed by atoms with E-state index in [9.17, 15) is 8.42 Å². The van der Waals surface area contributed by atoms with Crippen LogP contribution in [0.3, 0.4) is 0 Å². The average Bonchev–Trinajstić information content (AvgIpc) is 3.22. The van der Waals surface area contributed by atoms with Crippen molar-refractivity contribution in [2.45, 2.75) is 37.6 Å². The lowest BCUT2D eigenvalue weighted by Crippen LogP contribution is -2.48. The summed E-state index contributed by atoms with van der Waals surface area (Å²) in [5.41, 5.74) is 3.81. The number of hydrogen-bond donors (Lipinski definition) is 0. The second-order valence-electron chi connectivity index (χ2n) is 10.00. The van der Waals surface area contributed by atoms with Crippen molar-refractivity contribution in [3.8, 4) is 5.69 Å². The van der Waals surface area contributed by atoms with Gasteiger partial charge in [-0.1, -0.05) is 51.1 Å². The quantitative estimate of drug-likeness (QED) is 0.420. The molecular formula is C27H31N5O2S. The first kappa shape index (κ1) is 23.7. The van der Waals surface area contributed by atoms with Gasteiger partial charge in [0, 0.05) is 38.1 Å². The Morgan fingerprint density at radius 3 is 2.20 bits per heavy atom. The lowest BCUT2D eigenvalue weighted by atomic mass is 9.87. The van der Waals surface area contributed by atoms with E-state index in [2.05, 4.69) is 47.4 Å². The van der Waals surface area contributed by atoms with Crippen LogP contribution in [0.1, 0.15) is 32.2 Å². The van der Waals surface area contributed by atoms with Crippen molar-refractivity contribution in [3.05, 3.63) is 84.3 Å². The highest BCUT2D eigenvalue weighted by atomic mass is 32.2. The SMILES string of the molecule is CC(C)(C)c1ccc(S(=O)(=O)N2CCN(Cc3nc4cccnc4n3-c3ccccc3)CC2)cc1. The third-order valence-corrected chi connectivity index (χ3v) is 8.47. The van der Waals surface area contributed by atoms with Gasteiger partial charge in [-0.3, -0.25) is 9.47 Å². The van der Waals surface area contributed by atoms with E-state index >= 15 is 0 Å². The summed E-state index contributed by atoms with van der Waals surface area (Å²) in [5, 5.41) is 0. The molecule has 1 saturated heterocycles. The molecule has 1 fully saturated rings. The summed E-state index contributed by atoms with van der Waals surface area (Å²) in [6.07, 6.45) is 1.78. The molecule has 1 aliphatic rings. The molecule has 0 aliphatic carbocycles. The summed E-state index contributed by atoms with van der Waals surface area (Å²) in [6.45, 7) is 9.18. The largest absolute Gasteiger partial charge is 0.293 e. The van der Waals surface area contributed by atoms with Crippen LogP contribution in [0.5, 0.6) is 0 Å². The zero-order valence-electron chi connectivity index (χ0n) is 20.4. The van der Waals surface area contributed by atoms with Crippen LogP contribution in [0.2, 0.25) is 0 Å². The van der Waals surface area contributed by atoms with Crippen LogP contribution in [0.4, 0.5) is 0 Å². The Morgan fingerprint density at radius 2 is 1.54 bits per heavy atom. The van der Waals surface area contributed by atoms with Crippen molar-refractivity contribution in [2.24, 2.45) is 0 Å². The first-order chi connectivity index (χ1) is 16.7. The van der Waals surface area contributed by atoms with Crippen molar-refractivity contribution in [3.63, 3.8) is 0 Å². The molecule has 3 heterocycles. The zero-order chi connectivity index (χ0) is 24.6. The minimum absolute atomic E-state index is 0.0142. The van der Waals surface area contributed by atoms with Gasteiger partial charge in [0.1, 0.15) is 11.3 Å². The van der Waals surface area contributed by atoms with E-state index < -0.39 is 10.0 Å². The Labute approximate surface area is 207 Å². The Bertz CT molecular complexity index is 1420. The van der Waals surface area contributed by atoms with E-state index in [4.69, 9.17) is 4.98 Å². The maximum Gasteiger partial charge on any atom is 0.243 e. The van der Waals surface area contributed by atoms with Crippen molar-refractivity contribution in [2.75, 3.05) is 26.2 Å². The van der Waals surface area contributed by atoms with Crippen molar-refractivity contribution in [1.29, 1.82) is 0 Å². The molecule has 8 heteroatoms. The molecule has 0 bridgehead atoms. The number of nitrogens with zero attached hydrogens (tertiary/aromatic N) is 5. The number of aromatic nitrogens is 3. The van der Waals surface area contributed by atoms with Gasteiger partial charge in [-0.05, 0) is 47.4 Å². The van der Waals surface area contributed by atoms with Crippen molar-refractivity contribution >= 4 is 21.2 Å². The summed E-state index contributed by atoms with van der Waals surface area (Å²) in [5.74, 6) is 0.902. The predicted octanol–water partition coefficient (Wildman–Crippen LogP) is 4.22. The van der Waals surface area contributed by atoms with Gasteiger partial charge >= 0.3 is 0 Å².